The Morgan fingerprint density at radius 1 is 1.20 bits per heavy atom. The zero-order valence-electron chi connectivity index (χ0n) is 11.7. The lowest BCUT2D eigenvalue weighted by Gasteiger charge is -2.21. The molecule has 0 spiro atoms. The van der Waals surface area contributed by atoms with Crippen molar-refractivity contribution in [3.05, 3.63) is 29.8 Å². The molecule has 1 aromatic carbocycles. The molecular weight excluding hydrogens is 272 g/mol. The van der Waals surface area contributed by atoms with Crippen molar-refractivity contribution in [2.45, 2.75) is 32.1 Å². The second-order valence-corrected chi connectivity index (χ2v) is 6.10. The molecule has 0 heterocycles. The second kappa shape index (κ2) is 6.49. The van der Waals surface area contributed by atoms with Gasteiger partial charge in [0.15, 0.2) is 0 Å². The highest BCUT2D eigenvalue weighted by Gasteiger charge is 2.38. The van der Waals surface area contributed by atoms with E-state index in [1.165, 1.54) is 25.7 Å². The topological polar surface area (TPSA) is 55.1 Å². The molecule has 3 nitrogen and oxygen atoms in total. The van der Waals surface area contributed by atoms with Crippen molar-refractivity contribution in [2.75, 3.05) is 12.3 Å². The summed E-state index contributed by atoms with van der Waals surface area (Å²) in [5, 5.41) is 3.03. The summed E-state index contributed by atoms with van der Waals surface area (Å²) in [5.74, 6) is 2.80. The van der Waals surface area contributed by atoms with E-state index in [1.807, 2.05) is 0 Å². The smallest absolute Gasteiger partial charge is 0.251 e. The molecule has 110 valence electrons. The molecule has 1 amide bonds. The van der Waals surface area contributed by atoms with Crippen LogP contribution < -0.4 is 11.1 Å². The Morgan fingerprint density at radius 3 is 2.55 bits per heavy atom. The monoisotopic (exact) mass is 294 g/mol. The maximum absolute atomic E-state index is 11.9. The zero-order valence-corrected chi connectivity index (χ0v) is 12.5. The Hall–Kier alpha value is -1.22. The molecule has 3 unspecified atom stereocenters. The summed E-state index contributed by atoms with van der Waals surface area (Å²) in [6.07, 6.45) is 6.83. The number of carbonyl (C=O) groups is 1. The van der Waals surface area contributed by atoms with E-state index in [0.29, 0.717) is 11.3 Å². The van der Waals surface area contributed by atoms with E-state index >= 15 is 0 Å². The maximum Gasteiger partial charge on any atom is 0.251 e. The number of rotatable bonds is 4. The van der Waals surface area contributed by atoms with Crippen molar-refractivity contribution in [3.8, 4) is 0 Å². The number of hydrogen-bond donors (Lipinski definition) is 2. The number of nitrogens with one attached hydrogen (secondary N) is 1. The van der Waals surface area contributed by atoms with Gasteiger partial charge >= 0.3 is 0 Å². The molecule has 2 aliphatic rings. The van der Waals surface area contributed by atoms with Gasteiger partial charge in [0.1, 0.15) is 0 Å². The van der Waals surface area contributed by atoms with Crippen LogP contribution in [0.2, 0.25) is 0 Å². The van der Waals surface area contributed by atoms with Crippen molar-refractivity contribution in [3.63, 3.8) is 0 Å². The Kier molecular flexibility index (Phi) is 4.92. The van der Waals surface area contributed by atoms with Gasteiger partial charge in [0.05, 0.1) is 0 Å². The van der Waals surface area contributed by atoms with Gasteiger partial charge < -0.3 is 11.1 Å². The number of amides is 1. The average molecular weight is 295 g/mol. The van der Waals surface area contributed by atoms with Gasteiger partial charge in [0.25, 0.3) is 5.91 Å². The lowest BCUT2D eigenvalue weighted by atomic mass is 9.86. The first-order valence-electron chi connectivity index (χ1n) is 7.36. The zero-order chi connectivity index (χ0) is 13.2. The molecule has 2 fully saturated rings. The van der Waals surface area contributed by atoms with E-state index in [1.54, 1.807) is 24.3 Å². The lowest BCUT2D eigenvalue weighted by molar-refractivity contribution is 0.0950. The molecule has 3 rings (SSSR count). The van der Waals surface area contributed by atoms with Crippen molar-refractivity contribution in [2.24, 2.45) is 17.8 Å². The van der Waals surface area contributed by atoms with Gasteiger partial charge in [-0.25, -0.2) is 0 Å². The summed E-state index contributed by atoms with van der Waals surface area (Å²) in [6.45, 7) is 0.803. The number of nitrogens with two attached hydrogens (primary N) is 1. The van der Waals surface area contributed by atoms with Gasteiger partial charge in [-0.1, -0.05) is 6.42 Å². The number of hydrogen-bond acceptors (Lipinski definition) is 2. The quantitative estimate of drug-likeness (QED) is 0.838. The summed E-state index contributed by atoms with van der Waals surface area (Å²) in [6, 6.07) is 7.10. The van der Waals surface area contributed by atoms with Gasteiger partial charge in [-0.2, -0.15) is 0 Å². The summed E-state index contributed by atoms with van der Waals surface area (Å²) in [5.41, 5.74) is 7.00. The van der Waals surface area contributed by atoms with Gasteiger partial charge in [-0.05, 0) is 67.7 Å². The predicted molar refractivity (Wildman–Crippen MR) is 84.0 cm³/mol. The van der Waals surface area contributed by atoms with Crippen LogP contribution in [-0.2, 0) is 0 Å². The Morgan fingerprint density at radius 2 is 1.95 bits per heavy atom. The fourth-order valence-electron chi connectivity index (χ4n) is 3.84. The molecule has 2 saturated carbocycles. The van der Waals surface area contributed by atoms with Crippen LogP contribution in [-0.4, -0.2) is 12.5 Å². The predicted octanol–water partition coefficient (Wildman–Crippen LogP) is 3.25. The second-order valence-electron chi connectivity index (χ2n) is 6.10. The third-order valence-electron chi connectivity index (χ3n) is 4.86. The molecule has 0 aromatic heterocycles. The van der Waals surface area contributed by atoms with E-state index in [-0.39, 0.29) is 18.3 Å². The van der Waals surface area contributed by atoms with Gasteiger partial charge in [0.2, 0.25) is 0 Å². The van der Waals surface area contributed by atoms with E-state index in [4.69, 9.17) is 5.73 Å². The standard InChI is InChI=1S/C16H22N2O.ClH/c17-15-5-3-12(4-6-15)16(19)18-8-7-14-10-11-1-2-13(14)9-11;/h3-6,11,13-14H,1-2,7-10,17H2,(H,18,19);1H. The van der Waals surface area contributed by atoms with Crippen LogP contribution >= 0.6 is 12.4 Å². The normalized spacial score (nSPS) is 27.1. The van der Waals surface area contributed by atoms with Gasteiger partial charge in [0, 0.05) is 17.8 Å². The van der Waals surface area contributed by atoms with Crippen LogP contribution in [0.25, 0.3) is 0 Å². The maximum atomic E-state index is 11.9. The first-order valence-corrected chi connectivity index (χ1v) is 7.36. The highest BCUT2D eigenvalue weighted by molar-refractivity contribution is 5.94. The first kappa shape index (κ1) is 15.2. The molecule has 2 aliphatic carbocycles. The molecule has 4 heteroatoms. The highest BCUT2D eigenvalue weighted by atomic mass is 35.5. The molecule has 1 aromatic rings. The lowest BCUT2D eigenvalue weighted by Crippen LogP contribution is -2.27. The molecule has 3 N–H and O–H groups in total. The third kappa shape index (κ3) is 3.26. The summed E-state index contributed by atoms with van der Waals surface area (Å²) in [7, 11) is 0. The van der Waals surface area contributed by atoms with E-state index in [2.05, 4.69) is 5.32 Å². The van der Waals surface area contributed by atoms with Crippen LogP contribution in [0.4, 0.5) is 5.69 Å². The van der Waals surface area contributed by atoms with Gasteiger partial charge in [-0.3, -0.25) is 4.79 Å². The number of nitrogen functional groups attached to an aromatic ring is 1. The van der Waals surface area contributed by atoms with Crippen molar-refractivity contribution in [1.82, 2.24) is 5.32 Å². The molecular formula is C16H23ClN2O. The van der Waals surface area contributed by atoms with Crippen LogP contribution in [0.1, 0.15) is 42.5 Å². The number of fused-ring (bicyclic) bond motifs is 2. The largest absolute Gasteiger partial charge is 0.399 e. The molecule has 0 aliphatic heterocycles. The van der Waals surface area contributed by atoms with Crippen LogP contribution in [0, 0.1) is 17.8 Å². The minimum atomic E-state index is 0. The van der Waals surface area contributed by atoms with E-state index in [0.717, 1.165) is 30.7 Å². The minimum Gasteiger partial charge on any atom is -0.399 e. The number of carbonyl (C=O) groups excluding carboxylic acids is 1. The highest BCUT2D eigenvalue weighted by Crippen LogP contribution is 2.49. The number of anilines is 1. The van der Waals surface area contributed by atoms with Crippen LogP contribution in [0.15, 0.2) is 24.3 Å². The van der Waals surface area contributed by atoms with E-state index in [9.17, 15) is 4.79 Å². The fraction of sp³-hybridized carbons (Fsp3) is 0.562. The summed E-state index contributed by atoms with van der Waals surface area (Å²) in [4.78, 5) is 11.9. The number of halogens is 1. The van der Waals surface area contributed by atoms with E-state index < -0.39 is 0 Å². The van der Waals surface area contributed by atoms with Crippen LogP contribution in [0.3, 0.4) is 0 Å². The third-order valence-corrected chi connectivity index (χ3v) is 4.86. The fourth-order valence-corrected chi connectivity index (χ4v) is 3.84. The SMILES string of the molecule is Cl.Nc1ccc(C(=O)NCCC2CC3CCC2C3)cc1. The van der Waals surface area contributed by atoms with Crippen molar-refractivity contribution in [1.29, 1.82) is 0 Å². The molecule has 0 saturated heterocycles. The van der Waals surface area contributed by atoms with Crippen molar-refractivity contribution >= 4 is 24.0 Å². The molecule has 3 atom stereocenters. The van der Waals surface area contributed by atoms with Gasteiger partial charge in [-0.15, -0.1) is 12.4 Å². The Labute approximate surface area is 126 Å². The summed E-state index contributed by atoms with van der Waals surface area (Å²) >= 11 is 0. The average Bonchev–Trinajstić information content (AvgIpc) is 3.02. The number of benzene rings is 1. The molecule has 2 bridgehead atoms. The Bertz CT molecular complexity index is 460. The van der Waals surface area contributed by atoms with Crippen LogP contribution in [0.5, 0.6) is 0 Å². The molecule has 20 heavy (non-hydrogen) atoms. The summed E-state index contributed by atoms with van der Waals surface area (Å²) < 4.78 is 0. The minimum absolute atomic E-state index is 0. The van der Waals surface area contributed by atoms with Crippen molar-refractivity contribution < 1.29 is 4.79 Å². The first-order chi connectivity index (χ1) is 9.22. The Balaban J connectivity index is 0.00000147. The molecule has 0 radical (unpaired) electrons.